The van der Waals surface area contributed by atoms with Crippen molar-refractivity contribution in [1.82, 2.24) is 4.98 Å². The molecule has 1 aromatic heterocycles. The van der Waals surface area contributed by atoms with Gasteiger partial charge in [0.15, 0.2) is 16.6 Å². The maximum atomic E-state index is 13.5. The fourth-order valence-electron chi connectivity index (χ4n) is 4.65. The van der Waals surface area contributed by atoms with E-state index < -0.39 is 17.7 Å². The third kappa shape index (κ3) is 4.57. The monoisotopic (exact) mass is 562 g/mol. The Hall–Kier alpha value is -4.08. The number of rotatable bonds is 6. The van der Waals surface area contributed by atoms with Gasteiger partial charge in [-0.2, -0.15) is 0 Å². The van der Waals surface area contributed by atoms with Crippen molar-refractivity contribution >= 4 is 55.7 Å². The third-order valence-electron chi connectivity index (χ3n) is 6.47. The van der Waals surface area contributed by atoms with Gasteiger partial charge in [-0.25, -0.2) is 4.98 Å². The average molecular weight is 563 g/mol. The lowest BCUT2D eigenvalue weighted by Crippen LogP contribution is -2.29. The zero-order chi connectivity index (χ0) is 27.1. The van der Waals surface area contributed by atoms with Crippen LogP contribution in [0.15, 0.2) is 66.2 Å². The molecular weight excluding hydrogens is 540 g/mol. The van der Waals surface area contributed by atoms with Gasteiger partial charge in [-0.05, 0) is 60.5 Å². The molecule has 0 aliphatic carbocycles. The predicted octanol–water partition coefficient (Wildman–Crippen LogP) is 6.14. The van der Waals surface area contributed by atoms with E-state index in [1.807, 2.05) is 6.92 Å². The molecule has 2 aliphatic rings. The van der Waals surface area contributed by atoms with Gasteiger partial charge < -0.3 is 19.3 Å². The van der Waals surface area contributed by atoms with Crippen molar-refractivity contribution in [3.63, 3.8) is 0 Å². The van der Waals surface area contributed by atoms with E-state index in [1.165, 1.54) is 16.2 Å². The first-order valence-electron chi connectivity index (χ1n) is 12.4. The van der Waals surface area contributed by atoms with Gasteiger partial charge in [-0.3, -0.25) is 14.5 Å². The number of hydrogen-bond acceptors (Lipinski definition) is 8. The molecule has 0 saturated carbocycles. The quantitative estimate of drug-likeness (QED) is 0.171. The summed E-state index contributed by atoms with van der Waals surface area (Å²) in [6.07, 6.45) is 0.860. The number of carbonyl (C=O) groups is 2. The fourth-order valence-corrected chi connectivity index (χ4v) is 5.92. The lowest BCUT2D eigenvalue weighted by atomic mass is 9.95. The van der Waals surface area contributed by atoms with E-state index in [0.29, 0.717) is 63.9 Å². The molecule has 0 radical (unpaired) electrons. The molecule has 0 bridgehead atoms. The SMILES string of the molecule is CCCOc1ccc([C@@H]2C(=C(O)c3ccc4c(c3)OCCO4)C(=O)C(=O)N2c2nc3ccc(Cl)cc3s2)cc1. The second-order valence-corrected chi connectivity index (χ2v) is 10.5. The van der Waals surface area contributed by atoms with E-state index in [2.05, 4.69) is 4.98 Å². The molecule has 10 heteroatoms. The minimum atomic E-state index is -0.922. The van der Waals surface area contributed by atoms with Crippen LogP contribution in [0.2, 0.25) is 5.02 Å². The number of thiazole rings is 1. The number of nitrogens with zero attached hydrogens (tertiary/aromatic N) is 2. The van der Waals surface area contributed by atoms with Crippen LogP contribution in [0.25, 0.3) is 16.0 Å². The lowest BCUT2D eigenvalue weighted by molar-refractivity contribution is -0.132. The lowest BCUT2D eigenvalue weighted by Gasteiger charge is -2.23. The van der Waals surface area contributed by atoms with Crippen LogP contribution in [-0.2, 0) is 9.59 Å². The molecule has 0 unspecified atom stereocenters. The van der Waals surface area contributed by atoms with Crippen molar-refractivity contribution in [3.8, 4) is 17.2 Å². The molecule has 0 spiro atoms. The molecule has 6 rings (SSSR count). The van der Waals surface area contributed by atoms with Crippen LogP contribution in [0.1, 0.15) is 30.5 Å². The van der Waals surface area contributed by atoms with Crippen LogP contribution in [0.4, 0.5) is 5.13 Å². The molecule has 1 fully saturated rings. The summed E-state index contributed by atoms with van der Waals surface area (Å²) in [5.74, 6) is -0.235. The number of amides is 1. The number of hydrogen-bond donors (Lipinski definition) is 1. The Labute approximate surface area is 233 Å². The van der Waals surface area contributed by atoms with Crippen LogP contribution in [0.3, 0.4) is 0 Å². The van der Waals surface area contributed by atoms with Crippen LogP contribution in [0, 0.1) is 0 Å². The third-order valence-corrected chi connectivity index (χ3v) is 7.73. The Kier molecular flexibility index (Phi) is 6.62. The molecule has 2 aliphatic heterocycles. The Balaban J connectivity index is 1.50. The summed E-state index contributed by atoms with van der Waals surface area (Å²) in [5.41, 5.74) is 1.56. The minimum absolute atomic E-state index is 0.0452. The van der Waals surface area contributed by atoms with Crippen molar-refractivity contribution in [2.24, 2.45) is 0 Å². The molecule has 1 N–H and O–H groups in total. The van der Waals surface area contributed by atoms with E-state index in [9.17, 15) is 14.7 Å². The number of carbonyl (C=O) groups excluding carboxylic acids is 2. The molecule has 1 atom stereocenters. The second kappa shape index (κ2) is 10.2. The highest BCUT2D eigenvalue weighted by Crippen LogP contribution is 2.45. The maximum Gasteiger partial charge on any atom is 0.301 e. The highest BCUT2D eigenvalue weighted by Gasteiger charge is 2.48. The fraction of sp³-hybridized carbons (Fsp3) is 0.207. The van der Waals surface area contributed by atoms with Gasteiger partial charge in [0.05, 0.1) is 28.4 Å². The number of aliphatic hydroxyl groups is 1. The minimum Gasteiger partial charge on any atom is -0.507 e. The molecule has 198 valence electrons. The molecule has 3 aromatic carbocycles. The van der Waals surface area contributed by atoms with E-state index in [0.717, 1.165) is 11.1 Å². The number of fused-ring (bicyclic) bond motifs is 2. The maximum absolute atomic E-state index is 13.5. The van der Waals surface area contributed by atoms with Gasteiger partial charge in [-0.15, -0.1) is 0 Å². The van der Waals surface area contributed by atoms with Gasteiger partial charge in [-0.1, -0.05) is 42.0 Å². The summed E-state index contributed by atoms with van der Waals surface area (Å²) in [7, 11) is 0. The number of aliphatic hydroxyl groups excluding tert-OH is 1. The number of ketones is 1. The zero-order valence-corrected chi connectivity index (χ0v) is 22.4. The van der Waals surface area contributed by atoms with Crippen LogP contribution >= 0.6 is 22.9 Å². The molecule has 1 saturated heterocycles. The molecule has 1 amide bonds. The summed E-state index contributed by atoms with van der Waals surface area (Å²) < 4.78 is 17.7. The largest absolute Gasteiger partial charge is 0.507 e. The summed E-state index contributed by atoms with van der Waals surface area (Å²) in [6.45, 7) is 3.38. The summed E-state index contributed by atoms with van der Waals surface area (Å²) >= 11 is 7.42. The summed E-state index contributed by atoms with van der Waals surface area (Å²) in [4.78, 5) is 33.0. The predicted molar refractivity (Wildman–Crippen MR) is 149 cm³/mol. The van der Waals surface area contributed by atoms with E-state index >= 15 is 0 Å². The topological polar surface area (TPSA) is 98.2 Å². The van der Waals surface area contributed by atoms with E-state index in [-0.39, 0.29) is 11.3 Å². The van der Waals surface area contributed by atoms with Gasteiger partial charge in [0.2, 0.25) is 0 Å². The number of Topliss-reactive ketones (excluding diaryl/α,β-unsaturated/α-hetero) is 1. The number of benzene rings is 3. The second-order valence-electron chi connectivity index (χ2n) is 9.05. The van der Waals surface area contributed by atoms with E-state index in [1.54, 1.807) is 60.7 Å². The van der Waals surface area contributed by atoms with Crippen LogP contribution in [-0.4, -0.2) is 41.6 Å². The van der Waals surface area contributed by atoms with Crippen LogP contribution < -0.4 is 19.1 Å². The Morgan fingerprint density at radius 2 is 1.85 bits per heavy atom. The molecule has 8 nitrogen and oxygen atoms in total. The van der Waals surface area contributed by atoms with Crippen molar-refractivity contribution in [2.75, 3.05) is 24.7 Å². The highest BCUT2D eigenvalue weighted by atomic mass is 35.5. The van der Waals surface area contributed by atoms with Gasteiger partial charge in [0.25, 0.3) is 5.78 Å². The Morgan fingerprint density at radius 1 is 1.08 bits per heavy atom. The van der Waals surface area contributed by atoms with Crippen molar-refractivity contribution in [2.45, 2.75) is 19.4 Å². The number of aromatic nitrogens is 1. The molecule has 39 heavy (non-hydrogen) atoms. The van der Waals surface area contributed by atoms with Gasteiger partial charge >= 0.3 is 5.91 Å². The first-order chi connectivity index (χ1) is 18.9. The Morgan fingerprint density at radius 3 is 2.62 bits per heavy atom. The molecule has 4 aromatic rings. The zero-order valence-electron chi connectivity index (χ0n) is 20.8. The van der Waals surface area contributed by atoms with Crippen molar-refractivity contribution in [1.29, 1.82) is 0 Å². The molecule has 3 heterocycles. The summed E-state index contributed by atoms with van der Waals surface area (Å²) in [5, 5.41) is 12.3. The first kappa shape index (κ1) is 25.2. The molecular formula is C29H23ClN2O6S. The standard InChI is InChI=1S/C29H23ClN2O6S/c1-2-11-36-19-7-3-16(4-8-19)25-24(26(33)17-5-10-21-22(14-17)38-13-12-37-21)27(34)28(35)32(25)29-31-20-9-6-18(30)15-23(20)39-29/h3-10,14-15,25,33H,2,11-13H2,1H3/t25-/m1/s1. The van der Waals surface area contributed by atoms with Crippen LogP contribution in [0.5, 0.6) is 17.2 Å². The Bertz CT molecular complexity index is 1630. The van der Waals surface area contributed by atoms with Gasteiger partial charge in [0, 0.05) is 10.6 Å². The number of anilines is 1. The number of halogens is 1. The van der Waals surface area contributed by atoms with Crippen molar-refractivity contribution < 1.29 is 28.9 Å². The summed E-state index contributed by atoms with van der Waals surface area (Å²) in [6, 6.07) is 16.4. The average Bonchev–Trinajstić information content (AvgIpc) is 3.48. The number of ether oxygens (including phenoxy) is 3. The normalized spacial score (nSPS) is 18.1. The van der Waals surface area contributed by atoms with Gasteiger partial charge in [0.1, 0.15) is 24.7 Å². The first-order valence-corrected chi connectivity index (χ1v) is 13.6. The highest BCUT2D eigenvalue weighted by molar-refractivity contribution is 7.22. The van der Waals surface area contributed by atoms with E-state index in [4.69, 9.17) is 25.8 Å². The smallest absolute Gasteiger partial charge is 0.301 e. The van der Waals surface area contributed by atoms with Crippen molar-refractivity contribution in [3.05, 3.63) is 82.4 Å².